The second kappa shape index (κ2) is 6.41. The summed E-state index contributed by atoms with van der Waals surface area (Å²) in [5.41, 5.74) is 0.874. The number of imidazole rings is 1. The number of benzene rings is 1. The molecule has 3 rings (SSSR count). The third kappa shape index (κ3) is 3.10. The van der Waals surface area contributed by atoms with Gasteiger partial charge in [-0.2, -0.15) is 0 Å². The van der Waals surface area contributed by atoms with Gasteiger partial charge in [-0.3, -0.25) is 14.3 Å². The van der Waals surface area contributed by atoms with Crippen LogP contribution in [0.1, 0.15) is 0 Å². The molecule has 0 aliphatic carbocycles. The molecule has 3 amide bonds. The lowest BCUT2D eigenvalue weighted by Gasteiger charge is -2.12. The molecular formula is C14H13ClN4O2S. The molecule has 114 valence electrons. The van der Waals surface area contributed by atoms with Gasteiger partial charge in [-0.15, -0.1) is 0 Å². The highest BCUT2D eigenvalue weighted by Gasteiger charge is 2.26. The van der Waals surface area contributed by atoms with E-state index in [0.29, 0.717) is 23.3 Å². The molecule has 0 spiro atoms. The van der Waals surface area contributed by atoms with Gasteiger partial charge in [0, 0.05) is 36.2 Å². The summed E-state index contributed by atoms with van der Waals surface area (Å²) in [4.78, 5) is 29.0. The van der Waals surface area contributed by atoms with Crippen LogP contribution in [0.2, 0.25) is 5.02 Å². The van der Waals surface area contributed by atoms with Crippen LogP contribution < -0.4 is 5.32 Å². The normalized spacial score (nSPS) is 14.2. The standard InChI is InChI=1S/C14H13ClN4O2S/c15-10-2-1-3-11(8-10)18-6-5-17-14(18)22-9-12(20)19-7-4-16-13(19)21/h1-3,5-6,8H,4,7,9H2,(H,16,21). The van der Waals surface area contributed by atoms with E-state index in [1.54, 1.807) is 18.5 Å². The van der Waals surface area contributed by atoms with Gasteiger partial charge in [0.2, 0.25) is 5.91 Å². The molecule has 0 radical (unpaired) electrons. The molecule has 2 aromatic rings. The van der Waals surface area contributed by atoms with E-state index >= 15 is 0 Å². The van der Waals surface area contributed by atoms with E-state index in [9.17, 15) is 9.59 Å². The Balaban J connectivity index is 1.70. The molecule has 0 saturated carbocycles. The van der Waals surface area contributed by atoms with Crippen molar-refractivity contribution < 1.29 is 9.59 Å². The van der Waals surface area contributed by atoms with Crippen molar-refractivity contribution in [2.75, 3.05) is 18.8 Å². The van der Waals surface area contributed by atoms with Gasteiger partial charge >= 0.3 is 6.03 Å². The van der Waals surface area contributed by atoms with Crippen molar-refractivity contribution in [3.63, 3.8) is 0 Å². The van der Waals surface area contributed by atoms with Crippen LogP contribution in [0, 0.1) is 0 Å². The van der Waals surface area contributed by atoms with E-state index < -0.39 is 0 Å². The molecule has 1 aromatic carbocycles. The van der Waals surface area contributed by atoms with E-state index in [2.05, 4.69) is 10.3 Å². The highest BCUT2D eigenvalue weighted by atomic mass is 35.5. The number of urea groups is 1. The molecule has 6 nitrogen and oxygen atoms in total. The first-order valence-electron chi connectivity index (χ1n) is 6.65. The fourth-order valence-electron chi connectivity index (χ4n) is 2.13. The Hall–Kier alpha value is -1.99. The van der Waals surface area contributed by atoms with Crippen molar-refractivity contribution in [2.45, 2.75) is 5.16 Å². The Labute approximate surface area is 136 Å². The number of thioether (sulfide) groups is 1. The van der Waals surface area contributed by atoms with Gasteiger partial charge in [-0.1, -0.05) is 29.4 Å². The molecule has 2 heterocycles. The van der Waals surface area contributed by atoms with Crippen LogP contribution in [-0.4, -0.2) is 45.2 Å². The first-order chi connectivity index (χ1) is 10.6. The number of amides is 3. The summed E-state index contributed by atoms with van der Waals surface area (Å²) < 4.78 is 1.86. The van der Waals surface area contributed by atoms with Crippen LogP contribution >= 0.6 is 23.4 Å². The minimum atomic E-state index is -0.330. The van der Waals surface area contributed by atoms with Crippen LogP contribution in [0.25, 0.3) is 5.69 Å². The molecule has 1 N–H and O–H groups in total. The number of aromatic nitrogens is 2. The Bertz CT molecular complexity index is 718. The minimum Gasteiger partial charge on any atom is -0.336 e. The molecule has 1 aliphatic heterocycles. The number of nitrogens with zero attached hydrogens (tertiary/aromatic N) is 3. The molecule has 0 unspecified atom stereocenters. The average molecular weight is 337 g/mol. The van der Waals surface area contributed by atoms with Gasteiger partial charge in [0.25, 0.3) is 0 Å². The van der Waals surface area contributed by atoms with Crippen molar-refractivity contribution >= 4 is 35.3 Å². The Morgan fingerprint density at radius 2 is 2.32 bits per heavy atom. The maximum atomic E-state index is 12.0. The van der Waals surface area contributed by atoms with Crippen molar-refractivity contribution in [1.82, 2.24) is 19.8 Å². The molecule has 1 aliphatic rings. The molecular weight excluding hydrogens is 324 g/mol. The summed E-state index contributed by atoms with van der Waals surface area (Å²) in [5.74, 6) is -0.0639. The average Bonchev–Trinajstić information content (AvgIpc) is 3.13. The summed E-state index contributed by atoms with van der Waals surface area (Å²) in [5, 5.41) is 3.92. The van der Waals surface area contributed by atoms with Crippen LogP contribution in [0.3, 0.4) is 0 Å². The zero-order valence-electron chi connectivity index (χ0n) is 11.5. The summed E-state index contributed by atoms with van der Waals surface area (Å²) >= 11 is 7.29. The summed E-state index contributed by atoms with van der Waals surface area (Å²) in [7, 11) is 0. The van der Waals surface area contributed by atoms with Crippen LogP contribution in [0.4, 0.5) is 4.79 Å². The lowest BCUT2D eigenvalue weighted by atomic mass is 10.3. The number of halogens is 1. The largest absolute Gasteiger partial charge is 0.336 e. The third-order valence-electron chi connectivity index (χ3n) is 3.18. The molecule has 8 heteroatoms. The predicted octanol–water partition coefficient (Wildman–Crippen LogP) is 2.17. The molecule has 0 atom stereocenters. The van der Waals surface area contributed by atoms with E-state index in [-0.39, 0.29) is 17.7 Å². The number of hydrogen-bond acceptors (Lipinski definition) is 4. The first-order valence-corrected chi connectivity index (χ1v) is 8.02. The van der Waals surface area contributed by atoms with Crippen molar-refractivity contribution in [3.8, 4) is 5.69 Å². The topological polar surface area (TPSA) is 67.2 Å². The van der Waals surface area contributed by atoms with Crippen LogP contribution in [0.5, 0.6) is 0 Å². The highest BCUT2D eigenvalue weighted by Crippen LogP contribution is 2.22. The van der Waals surface area contributed by atoms with Gasteiger partial charge in [0.1, 0.15) is 0 Å². The summed E-state index contributed by atoms with van der Waals surface area (Å²) in [6.45, 7) is 0.924. The van der Waals surface area contributed by atoms with E-state index in [4.69, 9.17) is 11.6 Å². The molecule has 0 bridgehead atoms. The first kappa shape index (κ1) is 14.9. The van der Waals surface area contributed by atoms with Gasteiger partial charge in [0.15, 0.2) is 5.16 Å². The molecule has 1 fully saturated rings. The fourth-order valence-corrected chi connectivity index (χ4v) is 3.17. The van der Waals surface area contributed by atoms with Gasteiger partial charge in [-0.05, 0) is 18.2 Å². The monoisotopic (exact) mass is 336 g/mol. The van der Waals surface area contributed by atoms with E-state index in [1.165, 1.54) is 16.7 Å². The Morgan fingerprint density at radius 1 is 1.45 bits per heavy atom. The fraction of sp³-hybridized carbons (Fsp3) is 0.214. The van der Waals surface area contributed by atoms with Crippen molar-refractivity contribution in [1.29, 1.82) is 0 Å². The quantitative estimate of drug-likeness (QED) is 0.869. The second-order valence-corrected chi connectivity index (χ2v) is 6.00. The number of nitrogens with one attached hydrogen (secondary N) is 1. The number of rotatable bonds is 4. The van der Waals surface area contributed by atoms with Gasteiger partial charge in [-0.25, -0.2) is 9.78 Å². The summed E-state index contributed by atoms with van der Waals surface area (Å²) in [6.07, 6.45) is 3.47. The number of imide groups is 1. The number of hydrogen-bond donors (Lipinski definition) is 1. The SMILES string of the molecule is O=C(CSc1nccn1-c1cccc(Cl)c1)N1CCNC1=O. The minimum absolute atomic E-state index is 0.158. The van der Waals surface area contributed by atoms with E-state index in [1.807, 2.05) is 22.8 Å². The lowest BCUT2D eigenvalue weighted by Crippen LogP contribution is -2.35. The summed E-state index contributed by atoms with van der Waals surface area (Å²) in [6, 6.07) is 7.05. The van der Waals surface area contributed by atoms with E-state index in [0.717, 1.165) is 5.69 Å². The van der Waals surface area contributed by atoms with Crippen LogP contribution in [0.15, 0.2) is 41.8 Å². The highest BCUT2D eigenvalue weighted by molar-refractivity contribution is 7.99. The predicted molar refractivity (Wildman–Crippen MR) is 84.4 cm³/mol. The van der Waals surface area contributed by atoms with Crippen molar-refractivity contribution in [2.24, 2.45) is 0 Å². The molecule has 1 aromatic heterocycles. The number of carbonyl (C=O) groups excluding carboxylic acids is 2. The van der Waals surface area contributed by atoms with Gasteiger partial charge < -0.3 is 5.32 Å². The lowest BCUT2D eigenvalue weighted by molar-refractivity contribution is -0.124. The van der Waals surface area contributed by atoms with Gasteiger partial charge in [0.05, 0.1) is 5.75 Å². The molecule has 1 saturated heterocycles. The maximum absolute atomic E-state index is 12.0. The Kier molecular flexibility index (Phi) is 4.35. The zero-order chi connectivity index (χ0) is 15.5. The smallest absolute Gasteiger partial charge is 0.324 e. The van der Waals surface area contributed by atoms with Crippen LogP contribution in [-0.2, 0) is 4.79 Å². The third-order valence-corrected chi connectivity index (χ3v) is 4.36. The Morgan fingerprint density at radius 3 is 3.05 bits per heavy atom. The zero-order valence-corrected chi connectivity index (χ0v) is 13.1. The molecule has 22 heavy (non-hydrogen) atoms. The number of carbonyl (C=O) groups is 2. The van der Waals surface area contributed by atoms with Crippen molar-refractivity contribution in [3.05, 3.63) is 41.7 Å². The second-order valence-electron chi connectivity index (χ2n) is 4.63. The maximum Gasteiger partial charge on any atom is 0.324 e.